The van der Waals surface area contributed by atoms with Crippen molar-refractivity contribution >= 4 is 11.9 Å². The summed E-state index contributed by atoms with van der Waals surface area (Å²) >= 11 is 0. The van der Waals surface area contributed by atoms with Crippen LogP contribution in [0.4, 0.5) is 0 Å². The van der Waals surface area contributed by atoms with Crippen LogP contribution in [-0.4, -0.2) is 60.9 Å². The highest BCUT2D eigenvalue weighted by atomic mass is 16.5. The Bertz CT molecular complexity index is 647. The van der Waals surface area contributed by atoms with Gasteiger partial charge in [-0.1, -0.05) is 24.6 Å². The van der Waals surface area contributed by atoms with Gasteiger partial charge in [-0.25, -0.2) is 4.79 Å². The third kappa shape index (κ3) is 4.07. The van der Waals surface area contributed by atoms with Crippen molar-refractivity contribution in [2.45, 2.75) is 44.2 Å². The second-order valence-corrected chi connectivity index (χ2v) is 7.06. The Balaban J connectivity index is 1.67. The molecular weight excluding hydrogens is 334 g/mol. The van der Waals surface area contributed by atoms with Crippen molar-refractivity contribution in [3.05, 3.63) is 35.4 Å². The second-order valence-electron chi connectivity index (χ2n) is 7.06. The first-order valence-electron chi connectivity index (χ1n) is 9.33. The number of hydrogen-bond acceptors (Lipinski definition) is 4. The van der Waals surface area contributed by atoms with Gasteiger partial charge in [-0.15, -0.1) is 0 Å². The van der Waals surface area contributed by atoms with E-state index < -0.39 is 5.97 Å². The Labute approximate surface area is 154 Å². The number of carboxylic acids is 1. The predicted molar refractivity (Wildman–Crippen MR) is 96.2 cm³/mol. The van der Waals surface area contributed by atoms with Crippen LogP contribution >= 0.6 is 0 Å². The van der Waals surface area contributed by atoms with Crippen molar-refractivity contribution in [3.63, 3.8) is 0 Å². The molecule has 3 rings (SSSR count). The molecule has 0 bridgehead atoms. The molecule has 0 spiro atoms. The van der Waals surface area contributed by atoms with E-state index in [2.05, 4.69) is 0 Å². The molecule has 1 aromatic rings. The highest BCUT2D eigenvalue weighted by molar-refractivity contribution is 5.89. The number of aromatic carboxylic acids is 1. The highest BCUT2D eigenvalue weighted by Gasteiger charge is 2.40. The number of aryl methyl sites for hydroxylation is 1. The summed E-state index contributed by atoms with van der Waals surface area (Å²) in [5, 5.41) is 9.30. The number of hydrogen-bond donors (Lipinski definition) is 1. The van der Waals surface area contributed by atoms with Gasteiger partial charge >= 0.3 is 5.97 Å². The lowest BCUT2D eigenvalue weighted by Gasteiger charge is -2.40. The summed E-state index contributed by atoms with van der Waals surface area (Å²) < 4.78 is 11.3. The molecule has 3 atom stereocenters. The van der Waals surface area contributed by atoms with Crippen molar-refractivity contribution in [2.75, 3.05) is 26.9 Å². The number of methoxy groups -OCH3 is 1. The molecule has 1 heterocycles. The molecule has 1 aromatic carbocycles. The zero-order valence-electron chi connectivity index (χ0n) is 15.2. The first-order chi connectivity index (χ1) is 12.6. The van der Waals surface area contributed by atoms with Crippen LogP contribution in [-0.2, 0) is 20.7 Å². The SMILES string of the molecule is COC1CCCC1C1COCCN1C(=O)CCc1ccccc1C(=O)O. The first-order valence-corrected chi connectivity index (χ1v) is 9.33. The highest BCUT2D eigenvalue weighted by Crippen LogP contribution is 2.34. The van der Waals surface area contributed by atoms with Crippen LogP contribution in [0.2, 0.25) is 0 Å². The van der Waals surface area contributed by atoms with E-state index in [0.717, 1.165) is 19.3 Å². The number of carboxylic acid groups (broad SMARTS) is 1. The van der Waals surface area contributed by atoms with Crippen LogP contribution in [0.15, 0.2) is 24.3 Å². The summed E-state index contributed by atoms with van der Waals surface area (Å²) in [6.07, 6.45) is 4.14. The number of amides is 1. The number of rotatable bonds is 6. The fourth-order valence-electron chi connectivity index (χ4n) is 4.31. The zero-order chi connectivity index (χ0) is 18.5. The van der Waals surface area contributed by atoms with E-state index in [1.54, 1.807) is 25.3 Å². The van der Waals surface area contributed by atoms with Crippen LogP contribution in [0.3, 0.4) is 0 Å². The van der Waals surface area contributed by atoms with Gasteiger partial charge in [0.25, 0.3) is 0 Å². The number of ether oxygens (including phenoxy) is 2. The Morgan fingerprint density at radius 1 is 1.31 bits per heavy atom. The number of carbonyl (C=O) groups is 2. The Kier molecular flexibility index (Phi) is 6.27. The average molecular weight is 361 g/mol. The lowest BCUT2D eigenvalue weighted by Crippen LogP contribution is -2.53. The Hall–Kier alpha value is -1.92. The van der Waals surface area contributed by atoms with Gasteiger partial charge in [0, 0.05) is 26.0 Å². The molecule has 3 unspecified atom stereocenters. The minimum atomic E-state index is -0.953. The van der Waals surface area contributed by atoms with Crippen LogP contribution in [0.5, 0.6) is 0 Å². The molecule has 1 aliphatic heterocycles. The molecule has 1 amide bonds. The first kappa shape index (κ1) is 18.9. The smallest absolute Gasteiger partial charge is 0.335 e. The third-order valence-corrected chi connectivity index (χ3v) is 5.64. The monoisotopic (exact) mass is 361 g/mol. The maximum absolute atomic E-state index is 12.9. The molecule has 1 aliphatic carbocycles. The van der Waals surface area contributed by atoms with E-state index in [1.165, 1.54) is 0 Å². The zero-order valence-corrected chi connectivity index (χ0v) is 15.2. The van der Waals surface area contributed by atoms with Gasteiger partial charge in [0.2, 0.25) is 5.91 Å². The summed E-state index contributed by atoms with van der Waals surface area (Å²) in [4.78, 5) is 26.2. The summed E-state index contributed by atoms with van der Waals surface area (Å²) in [5.41, 5.74) is 0.975. The van der Waals surface area contributed by atoms with E-state index in [0.29, 0.717) is 44.1 Å². The molecule has 0 aromatic heterocycles. The molecule has 1 N–H and O–H groups in total. The molecule has 2 fully saturated rings. The van der Waals surface area contributed by atoms with E-state index in [4.69, 9.17) is 9.47 Å². The fourth-order valence-corrected chi connectivity index (χ4v) is 4.31. The summed E-state index contributed by atoms with van der Waals surface area (Å²) in [5.74, 6) is -0.568. The van der Waals surface area contributed by atoms with Gasteiger partial charge < -0.3 is 19.5 Å². The fraction of sp³-hybridized carbons (Fsp3) is 0.600. The molecule has 1 saturated heterocycles. The van der Waals surface area contributed by atoms with Crippen molar-refractivity contribution in [1.29, 1.82) is 0 Å². The van der Waals surface area contributed by atoms with Crippen LogP contribution in [0.1, 0.15) is 41.6 Å². The van der Waals surface area contributed by atoms with Crippen LogP contribution < -0.4 is 0 Å². The van der Waals surface area contributed by atoms with E-state index in [1.807, 2.05) is 11.0 Å². The molecule has 2 aliphatic rings. The Morgan fingerprint density at radius 3 is 2.88 bits per heavy atom. The second kappa shape index (κ2) is 8.64. The summed E-state index contributed by atoms with van der Waals surface area (Å²) in [6.45, 7) is 1.71. The number of carbonyl (C=O) groups excluding carboxylic acids is 1. The minimum absolute atomic E-state index is 0.0541. The van der Waals surface area contributed by atoms with Crippen molar-refractivity contribution in [1.82, 2.24) is 4.90 Å². The number of nitrogens with zero attached hydrogens (tertiary/aromatic N) is 1. The largest absolute Gasteiger partial charge is 0.478 e. The standard InChI is InChI=1S/C20H27NO5/c1-25-18-8-4-7-16(18)17-13-26-12-11-21(17)19(22)10-9-14-5-2-3-6-15(14)20(23)24/h2-3,5-6,16-18H,4,7-13H2,1H3,(H,23,24). The predicted octanol–water partition coefficient (Wildman–Crippen LogP) is 2.36. The number of benzene rings is 1. The maximum Gasteiger partial charge on any atom is 0.335 e. The lowest BCUT2D eigenvalue weighted by atomic mass is 9.93. The molecular formula is C20H27NO5. The molecule has 6 heteroatoms. The van der Waals surface area contributed by atoms with Gasteiger partial charge in [-0.2, -0.15) is 0 Å². The molecule has 1 saturated carbocycles. The summed E-state index contributed by atoms with van der Waals surface area (Å²) in [6, 6.07) is 6.94. The van der Waals surface area contributed by atoms with Crippen molar-refractivity contribution in [2.24, 2.45) is 5.92 Å². The lowest BCUT2D eigenvalue weighted by molar-refractivity contribution is -0.144. The van der Waals surface area contributed by atoms with E-state index in [-0.39, 0.29) is 23.6 Å². The third-order valence-electron chi connectivity index (χ3n) is 5.64. The van der Waals surface area contributed by atoms with Crippen molar-refractivity contribution in [3.8, 4) is 0 Å². The maximum atomic E-state index is 12.9. The average Bonchev–Trinajstić information content (AvgIpc) is 3.15. The Morgan fingerprint density at radius 2 is 2.12 bits per heavy atom. The minimum Gasteiger partial charge on any atom is -0.478 e. The van der Waals surface area contributed by atoms with Crippen LogP contribution in [0, 0.1) is 5.92 Å². The van der Waals surface area contributed by atoms with Gasteiger partial charge in [-0.3, -0.25) is 4.79 Å². The molecule has 142 valence electrons. The van der Waals surface area contributed by atoms with Gasteiger partial charge in [0.1, 0.15) is 0 Å². The number of morpholine rings is 1. The van der Waals surface area contributed by atoms with E-state index >= 15 is 0 Å². The molecule has 26 heavy (non-hydrogen) atoms. The summed E-state index contributed by atoms with van der Waals surface area (Å²) in [7, 11) is 1.74. The molecule has 6 nitrogen and oxygen atoms in total. The van der Waals surface area contributed by atoms with Gasteiger partial charge in [0.05, 0.1) is 30.9 Å². The quantitative estimate of drug-likeness (QED) is 0.842. The van der Waals surface area contributed by atoms with Crippen molar-refractivity contribution < 1.29 is 24.2 Å². The van der Waals surface area contributed by atoms with Crippen LogP contribution in [0.25, 0.3) is 0 Å². The normalized spacial score (nSPS) is 26.0. The molecule has 0 radical (unpaired) electrons. The van der Waals surface area contributed by atoms with Gasteiger partial charge in [-0.05, 0) is 30.9 Å². The van der Waals surface area contributed by atoms with E-state index in [9.17, 15) is 14.7 Å². The topological polar surface area (TPSA) is 76.1 Å². The van der Waals surface area contributed by atoms with Gasteiger partial charge in [0.15, 0.2) is 0 Å².